The zero-order valence-electron chi connectivity index (χ0n) is 16.1. The van der Waals surface area contributed by atoms with Crippen LogP contribution in [0.25, 0.3) is 0 Å². The highest BCUT2D eigenvalue weighted by Gasteiger charge is 2.45. The zero-order chi connectivity index (χ0) is 18.4. The van der Waals surface area contributed by atoms with Crippen molar-refractivity contribution in [2.75, 3.05) is 39.6 Å². The summed E-state index contributed by atoms with van der Waals surface area (Å²) in [5.41, 5.74) is 0. The summed E-state index contributed by atoms with van der Waals surface area (Å²) in [5, 5.41) is 0. The van der Waals surface area contributed by atoms with Crippen molar-refractivity contribution in [3.63, 3.8) is 0 Å². The Bertz CT molecular complexity index is 453. The Hall–Kier alpha value is -0.760. The van der Waals surface area contributed by atoms with Crippen molar-refractivity contribution in [2.45, 2.75) is 56.9 Å². The highest BCUT2D eigenvalue weighted by atomic mass is 17.0. The first-order valence-corrected chi connectivity index (χ1v) is 10.4. The second kappa shape index (κ2) is 9.63. The molecule has 2 heterocycles. The van der Waals surface area contributed by atoms with E-state index in [1.165, 1.54) is 0 Å². The molecule has 2 aliphatic carbocycles. The molecule has 4 aliphatic rings. The van der Waals surface area contributed by atoms with Gasteiger partial charge in [0.05, 0.1) is 51.8 Å². The highest BCUT2D eigenvalue weighted by molar-refractivity contribution is 4.91. The maximum absolute atomic E-state index is 5.99. The van der Waals surface area contributed by atoms with Crippen molar-refractivity contribution < 1.29 is 28.4 Å². The third-order valence-corrected chi connectivity index (χ3v) is 5.56. The Morgan fingerprint density at radius 2 is 1.11 bits per heavy atom. The molecule has 6 heteroatoms. The normalized spacial score (nSPS) is 39.7. The molecule has 2 fully saturated rings. The van der Waals surface area contributed by atoms with Crippen LogP contribution < -0.4 is 0 Å². The zero-order valence-corrected chi connectivity index (χ0v) is 16.1. The Kier molecular flexibility index (Phi) is 6.97. The molecule has 0 N–H and O–H groups in total. The van der Waals surface area contributed by atoms with Crippen LogP contribution in [-0.2, 0) is 28.4 Å². The Morgan fingerprint density at radius 1 is 0.667 bits per heavy atom. The molecule has 27 heavy (non-hydrogen) atoms. The molecular weight excluding hydrogens is 348 g/mol. The summed E-state index contributed by atoms with van der Waals surface area (Å²) in [6.45, 7) is 3.41. The lowest BCUT2D eigenvalue weighted by molar-refractivity contribution is -0.536. The maximum atomic E-state index is 5.99. The number of rotatable bonds is 6. The highest BCUT2D eigenvalue weighted by Crippen LogP contribution is 2.30. The van der Waals surface area contributed by atoms with E-state index in [1.54, 1.807) is 0 Å². The minimum Gasteiger partial charge on any atom is -0.377 e. The van der Waals surface area contributed by atoms with Crippen LogP contribution in [0.15, 0.2) is 24.3 Å². The van der Waals surface area contributed by atoms with Gasteiger partial charge in [-0.15, -0.1) is 0 Å². The lowest BCUT2D eigenvalue weighted by atomic mass is 10.0. The molecule has 0 aromatic carbocycles. The third-order valence-electron chi connectivity index (χ3n) is 5.56. The van der Waals surface area contributed by atoms with Crippen LogP contribution in [0.4, 0.5) is 0 Å². The largest absolute Gasteiger partial charge is 0.412 e. The van der Waals surface area contributed by atoms with Crippen molar-refractivity contribution in [2.24, 2.45) is 11.8 Å². The first kappa shape index (κ1) is 19.6. The molecule has 0 radical (unpaired) electrons. The van der Waals surface area contributed by atoms with E-state index in [2.05, 4.69) is 24.3 Å². The molecule has 0 aromatic rings. The van der Waals surface area contributed by atoms with E-state index in [1.807, 2.05) is 0 Å². The van der Waals surface area contributed by atoms with Gasteiger partial charge in [0.2, 0.25) is 0 Å². The van der Waals surface area contributed by atoms with Crippen molar-refractivity contribution in [1.82, 2.24) is 0 Å². The summed E-state index contributed by atoms with van der Waals surface area (Å²) >= 11 is 0. The minimum atomic E-state index is -1.33. The molecule has 0 saturated carbocycles. The predicted octanol–water partition coefficient (Wildman–Crippen LogP) is 3.17. The number of hydrogen-bond acceptors (Lipinski definition) is 6. The second-order valence-electron chi connectivity index (χ2n) is 7.96. The molecule has 0 amide bonds. The summed E-state index contributed by atoms with van der Waals surface area (Å²) in [7, 11) is 0. The van der Waals surface area contributed by atoms with E-state index in [9.17, 15) is 0 Å². The van der Waals surface area contributed by atoms with Crippen LogP contribution in [0, 0.1) is 11.8 Å². The molecule has 152 valence electrons. The molecule has 2 aliphatic heterocycles. The van der Waals surface area contributed by atoms with E-state index >= 15 is 0 Å². The van der Waals surface area contributed by atoms with Gasteiger partial charge >= 0.3 is 6.16 Å². The number of ether oxygens (including phenoxy) is 6. The fourth-order valence-electron chi connectivity index (χ4n) is 3.80. The molecule has 2 atom stereocenters. The quantitative estimate of drug-likeness (QED) is 0.660. The van der Waals surface area contributed by atoms with Crippen LogP contribution >= 0.6 is 0 Å². The van der Waals surface area contributed by atoms with E-state index < -0.39 is 6.16 Å². The van der Waals surface area contributed by atoms with E-state index in [-0.39, 0.29) is 11.8 Å². The number of hydrogen-bond donors (Lipinski definition) is 0. The lowest BCUT2D eigenvalue weighted by Crippen LogP contribution is -2.54. The summed E-state index contributed by atoms with van der Waals surface area (Å²) in [4.78, 5) is 0. The van der Waals surface area contributed by atoms with Gasteiger partial charge in [-0.05, 0) is 38.5 Å². The first-order chi connectivity index (χ1) is 13.3. The standard InChI is InChI=1S/C21H32O6/c1-3-7-19(8-4-1)22-11-17-13-24-21(25-14-17)26-15-18(16-27-21)12-23-20-9-5-2-6-10-20/h1-3,5,17-20H,4,6-16H2/t17?,18?,19-,20?,21?/m1/s1. The maximum Gasteiger partial charge on any atom is 0.412 e. The average Bonchev–Trinajstić information content (AvgIpc) is 2.75. The molecule has 4 rings (SSSR count). The van der Waals surface area contributed by atoms with Crippen LogP contribution in [0.1, 0.15) is 38.5 Å². The smallest absolute Gasteiger partial charge is 0.377 e. The van der Waals surface area contributed by atoms with Crippen molar-refractivity contribution in [3.8, 4) is 0 Å². The predicted molar refractivity (Wildman–Crippen MR) is 99.0 cm³/mol. The van der Waals surface area contributed by atoms with Crippen molar-refractivity contribution in [1.29, 1.82) is 0 Å². The second-order valence-corrected chi connectivity index (χ2v) is 7.96. The average molecular weight is 380 g/mol. The monoisotopic (exact) mass is 380 g/mol. The van der Waals surface area contributed by atoms with Crippen LogP contribution in [-0.4, -0.2) is 58.0 Å². The van der Waals surface area contributed by atoms with Gasteiger partial charge < -0.3 is 28.4 Å². The Balaban J connectivity index is 1.12. The van der Waals surface area contributed by atoms with E-state index in [4.69, 9.17) is 28.4 Å². The summed E-state index contributed by atoms with van der Waals surface area (Å²) in [5.74, 6) is 0.434. The molecular formula is C21H32O6. The number of allylic oxidation sites excluding steroid dienone is 2. The molecule has 0 bridgehead atoms. The topological polar surface area (TPSA) is 55.4 Å². The minimum absolute atomic E-state index is 0.217. The van der Waals surface area contributed by atoms with E-state index in [0.29, 0.717) is 51.8 Å². The third kappa shape index (κ3) is 5.62. The van der Waals surface area contributed by atoms with Crippen LogP contribution in [0.3, 0.4) is 0 Å². The van der Waals surface area contributed by atoms with Gasteiger partial charge in [0.15, 0.2) is 0 Å². The van der Waals surface area contributed by atoms with Gasteiger partial charge in [0.1, 0.15) is 0 Å². The fourth-order valence-corrected chi connectivity index (χ4v) is 3.80. The summed E-state index contributed by atoms with van der Waals surface area (Å²) in [6.07, 6.45) is 14.6. The molecule has 2 saturated heterocycles. The van der Waals surface area contributed by atoms with Crippen molar-refractivity contribution in [3.05, 3.63) is 24.3 Å². The van der Waals surface area contributed by atoms with Gasteiger partial charge in [-0.3, -0.25) is 0 Å². The molecule has 1 unspecified atom stereocenters. The Morgan fingerprint density at radius 3 is 1.48 bits per heavy atom. The molecule has 0 aromatic heterocycles. The van der Waals surface area contributed by atoms with Crippen LogP contribution in [0.2, 0.25) is 0 Å². The SMILES string of the molecule is C1=CCC(OCC2COC3(OC2)OCC(CO[C@@H]2CC=CCC2)CO3)CC1. The van der Waals surface area contributed by atoms with E-state index in [0.717, 1.165) is 38.5 Å². The lowest BCUT2D eigenvalue weighted by Gasteiger charge is -2.42. The summed E-state index contributed by atoms with van der Waals surface area (Å²) in [6, 6.07) is 0. The van der Waals surface area contributed by atoms with Gasteiger partial charge in [-0.1, -0.05) is 24.3 Å². The van der Waals surface area contributed by atoms with Crippen molar-refractivity contribution >= 4 is 0 Å². The van der Waals surface area contributed by atoms with Gasteiger partial charge in [0.25, 0.3) is 0 Å². The fraction of sp³-hybridized carbons (Fsp3) is 0.810. The van der Waals surface area contributed by atoms with Crippen LogP contribution in [0.5, 0.6) is 0 Å². The van der Waals surface area contributed by atoms with Gasteiger partial charge in [-0.2, -0.15) is 0 Å². The molecule has 6 nitrogen and oxygen atoms in total. The molecule has 1 spiro atoms. The van der Waals surface area contributed by atoms with Gasteiger partial charge in [-0.25, -0.2) is 0 Å². The Labute approximate surface area is 161 Å². The summed E-state index contributed by atoms with van der Waals surface area (Å²) < 4.78 is 35.1. The first-order valence-electron chi connectivity index (χ1n) is 10.4. The van der Waals surface area contributed by atoms with Gasteiger partial charge in [0, 0.05) is 11.8 Å².